The van der Waals surface area contributed by atoms with Crippen molar-refractivity contribution in [2.24, 2.45) is 0 Å². The molecular weight excluding hydrogens is 549 g/mol. The maximum atomic E-state index is 13.7. The summed E-state index contributed by atoms with van der Waals surface area (Å²) < 4.78 is 1.67. The van der Waals surface area contributed by atoms with Gasteiger partial charge >= 0.3 is 0 Å². The van der Waals surface area contributed by atoms with Crippen LogP contribution < -0.4 is 10.6 Å². The highest BCUT2D eigenvalue weighted by Crippen LogP contribution is 2.42. The van der Waals surface area contributed by atoms with Crippen molar-refractivity contribution >= 4 is 64.1 Å². The largest absolute Gasteiger partial charge is 0.328 e. The maximum Gasteiger partial charge on any atom is 0.255 e. The van der Waals surface area contributed by atoms with Crippen LogP contribution in [0, 0.1) is 6.92 Å². The van der Waals surface area contributed by atoms with E-state index in [1.165, 1.54) is 11.8 Å². The van der Waals surface area contributed by atoms with Gasteiger partial charge in [-0.25, -0.2) is 4.68 Å². The van der Waals surface area contributed by atoms with Gasteiger partial charge < -0.3 is 10.6 Å². The molecule has 0 saturated carbocycles. The fourth-order valence-electron chi connectivity index (χ4n) is 4.19. The van der Waals surface area contributed by atoms with Gasteiger partial charge in [-0.15, -0.1) is 5.10 Å². The first-order valence-corrected chi connectivity index (χ1v) is 13.6. The van der Waals surface area contributed by atoms with Crippen molar-refractivity contribution in [2.75, 3.05) is 10.6 Å². The lowest BCUT2D eigenvalue weighted by Gasteiger charge is -2.29. The second kappa shape index (κ2) is 10.8. The number of carbonyl (C=O) groups excluding carboxylic acids is 1. The first kappa shape index (κ1) is 25.7. The molecule has 2 heterocycles. The topological polar surface area (TPSA) is 71.8 Å². The number of nitrogens with zero attached hydrogens (tertiary/aromatic N) is 3. The number of anilines is 2. The molecule has 1 amide bonds. The first-order valence-electron chi connectivity index (χ1n) is 11.4. The van der Waals surface area contributed by atoms with E-state index in [0.717, 1.165) is 16.8 Å². The van der Waals surface area contributed by atoms with E-state index >= 15 is 0 Å². The number of amides is 1. The van der Waals surface area contributed by atoms with E-state index in [1.807, 2.05) is 62.4 Å². The highest BCUT2D eigenvalue weighted by Gasteiger charge is 2.36. The Kier molecular flexibility index (Phi) is 7.49. The van der Waals surface area contributed by atoms with Gasteiger partial charge in [0.1, 0.15) is 6.04 Å². The summed E-state index contributed by atoms with van der Waals surface area (Å²) in [4.78, 5) is 18.4. The van der Waals surface area contributed by atoms with Crippen LogP contribution in [0.2, 0.25) is 15.1 Å². The number of hydrogen-bond acceptors (Lipinski definition) is 5. The summed E-state index contributed by atoms with van der Waals surface area (Å²) in [7, 11) is 0. The van der Waals surface area contributed by atoms with Gasteiger partial charge in [0.2, 0.25) is 11.1 Å². The predicted octanol–water partition coefficient (Wildman–Crippen LogP) is 7.77. The number of allylic oxidation sites excluding steroid dienone is 1. The zero-order chi connectivity index (χ0) is 26.1. The molecule has 10 heteroatoms. The third-order valence-electron chi connectivity index (χ3n) is 6.06. The number of halogens is 3. The second-order valence-electron chi connectivity index (χ2n) is 8.51. The number of hydrogen-bond donors (Lipinski definition) is 2. The van der Waals surface area contributed by atoms with Crippen molar-refractivity contribution in [1.29, 1.82) is 0 Å². The molecule has 0 spiro atoms. The van der Waals surface area contributed by atoms with Crippen molar-refractivity contribution in [3.63, 3.8) is 0 Å². The van der Waals surface area contributed by atoms with E-state index in [4.69, 9.17) is 39.9 Å². The molecular formula is C27H22Cl3N5OS. The van der Waals surface area contributed by atoms with Gasteiger partial charge in [0.25, 0.3) is 5.91 Å². The summed E-state index contributed by atoms with van der Waals surface area (Å²) >= 11 is 21.1. The lowest BCUT2D eigenvalue weighted by atomic mass is 9.94. The van der Waals surface area contributed by atoms with Crippen LogP contribution in [-0.2, 0) is 10.5 Å². The molecule has 1 aliphatic heterocycles. The predicted molar refractivity (Wildman–Crippen MR) is 152 cm³/mol. The fourth-order valence-corrected chi connectivity index (χ4v) is 5.91. The minimum Gasteiger partial charge on any atom is -0.328 e. The molecule has 1 aliphatic rings. The van der Waals surface area contributed by atoms with E-state index in [9.17, 15) is 4.79 Å². The Morgan fingerprint density at radius 2 is 1.65 bits per heavy atom. The average molecular weight is 571 g/mol. The van der Waals surface area contributed by atoms with Crippen LogP contribution in [0.15, 0.2) is 83.2 Å². The molecule has 3 aromatic carbocycles. The third kappa shape index (κ3) is 5.22. The molecule has 0 fully saturated rings. The van der Waals surface area contributed by atoms with Gasteiger partial charge in [0.15, 0.2) is 0 Å². The van der Waals surface area contributed by atoms with Crippen LogP contribution in [0.3, 0.4) is 0 Å². The Bertz CT molecular complexity index is 1510. The Hall–Kier alpha value is -2.97. The third-order valence-corrected chi connectivity index (χ3v) is 7.97. The van der Waals surface area contributed by atoms with Crippen LogP contribution in [-0.4, -0.2) is 20.7 Å². The van der Waals surface area contributed by atoms with Gasteiger partial charge in [0, 0.05) is 37.8 Å². The molecule has 1 aromatic heterocycles. The molecule has 5 rings (SSSR count). The maximum absolute atomic E-state index is 13.7. The summed E-state index contributed by atoms with van der Waals surface area (Å²) in [6.45, 7) is 3.77. The smallest absolute Gasteiger partial charge is 0.255 e. The molecule has 4 aromatic rings. The first-order chi connectivity index (χ1) is 17.8. The van der Waals surface area contributed by atoms with Crippen LogP contribution in [0.4, 0.5) is 11.6 Å². The quantitative estimate of drug-likeness (QED) is 0.232. The molecule has 37 heavy (non-hydrogen) atoms. The number of nitrogens with one attached hydrogen (secondary N) is 2. The van der Waals surface area contributed by atoms with Gasteiger partial charge in [0.05, 0.1) is 5.57 Å². The average Bonchev–Trinajstić information content (AvgIpc) is 3.27. The van der Waals surface area contributed by atoms with Gasteiger partial charge in [-0.3, -0.25) is 4.79 Å². The minimum atomic E-state index is -0.691. The monoisotopic (exact) mass is 569 g/mol. The van der Waals surface area contributed by atoms with Gasteiger partial charge in [-0.2, -0.15) is 4.98 Å². The second-order valence-corrected chi connectivity index (χ2v) is 10.7. The summed E-state index contributed by atoms with van der Waals surface area (Å²) in [6.07, 6.45) is 0. The van der Waals surface area contributed by atoms with Crippen LogP contribution in [0.1, 0.15) is 29.7 Å². The van der Waals surface area contributed by atoms with Gasteiger partial charge in [-0.1, -0.05) is 89.0 Å². The number of fused-ring (bicyclic) bond motifs is 1. The fraction of sp³-hybridized carbons (Fsp3) is 0.148. The zero-order valence-corrected chi connectivity index (χ0v) is 23.0. The molecule has 0 bridgehead atoms. The Balaban J connectivity index is 1.55. The number of thioether (sulfide) groups is 1. The van der Waals surface area contributed by atoms with Crippen LogP contribution >= 0.6 is 46.6 Å². The number of rotatable bonds is 6. The highest BCUT2D eigenvalue weighted by atomic mass is 35.5. The zero-order valence-electron chi connectivity index (χ0n) is 19.9. The van der Waals surface area contributed by atoms with Crippen molar-refractivity contribution < 1.29 is 4.79 Å². The number of aryl methyl sites for hydroxylation is 1. The van der Waals surface area contributed by atoms with E-state index in [1.54, 1.807) is 22.9 Å². The van der Waals surface area contributed by atoms with E-state index in [0.29, 0.717) is 48.8 Å². The van der Waals surface area contributed by atoms with Crippen molar-refractivity contribution in [2.45, 2.75) is 30.8 Å². The standard InChI is InChI=1S/C27H22Cl3N5OS/c1-15-8-3-6-13-21(15)32-25(36)22-16(2)31-26-33-27(37-14-17-9-4-5-10-18(17)28)34-35(26)24(22)23-19(29)11-7-12-20(23)30/h3-13,24H,14H2,1-2H3,(H,32,36)(H,31,33,34). The molecule has 2 N–H and O–H groups in total. The Morgan fingerprint density at radius 1 is 0.973 bits per heavy atom. The Morgan fingerprint density at radius 3 is 2.38 bits per heavy atom. The number of para-hydroxylation sites is 1. The lowest BCUT2D eigenvalue weighted by molar-refractivity contribution is -0.113. The van der Waals surface area contributed by atoms with E-state index in [-0.39, 0.29) is 5.91 Å². The highest BCUT2D eigenvalue weighted by molar-refractivity contribution is 7.98. The molecule has 0 radical (unpaired) electrons. The number of benzene rings is 3. The summed E-state index contributed by atoms with van der Waals surface area (Å²) in [5.41, 5.74) is 4.30. The molecule has 188 valence electrons. The molecule has 0 aliphatic carbocycles. The summed E-state index contributed by atoms with van der Waals surface area (Å²) in [5.74, 6) is 0.799. The van der Waals surface area contributed by atoms with Crippen molar-refractivity contribution in [3.8, 4) is 0 Å². The lowest BCUT2D eigenvalue weighted by Crippen LogP contribution is -2.32. The van der Waals surface area contributed by atoms with Crippen LogP contribution in [0.25, 0.3) is 0 Å². The van der Waals surface area contributed by atoms with E-state index in [2.05, 4.69) is 15.6 Å². The van der Waals surface area contributed by atoms with E-state index < -0.39 is 6.04 Å². The van der Waals surface area contributed by atoms with Crippen LogP contribution in [0.5, 0.6) is 0 Å². The van der Waals surface area contributed by atoms with Crippen molar-refractivity contribution in [1.82, 2.24) is 14.8 Å². The van der Waals surface area contributed by atoms with Gasteiger partial charge in [-0.05, 0) is 49.2 Å². The normalized spacial score (nSPS) is 14.8. The number of carbonyl (C=O) groups is 1. The molecule has 0 saturated heterocycles. The molecule has 1 unspecified atom stereocenters. The number of aromatic nitrogens is 3. The minimum absolute atomic E-state index is 0.285. The molecule has 1 atom stereocenters. The summed E-state index contributed by atoms with van der Waals surface area (Å²) in [6, 6.07) is 19.8. The molecule has 6 nitrogen and oxygen atoms in total. The Labute approximate surface area is 234 Å². The van der Waals surface area contributed by atoms with Crippen molar-refractivity contribution in [3.05, 3.63) is 110 Å². The SMILES string of the molecule is CC1=C(C(=O)Nc2ccccc2C)C(c2c(Cl)cccc2Cl)n2nc(SCc3ccccc3Cl)nc2N1. The summed E-state index contributed by atoms with van der Waals surface area (Å²) in [5, 5.41) is 13.1.